The predicted molar refractivity (Wildman–Crippen MR) is 116 cm³/mol. The summed E-state index contributed by atoms with van der Waals surface area (Å²) >= 11 is 0. The molecular weight excluding hydrogens is 462 g/mol. The van der Waals surface area contributed by atoms with Gasteiger partial charge in [-0.25, -0.2) is 31.1 Å². The molecular formula is C22H23F4N3O3S. The minimum atomic E-state index is -4.00. The van der Waals surface area contributed by atoms with E-state index in [0.29, 0.717) is 16.8 Å². The molecule has 0 atom stereocenters. The van der Waals surface area contributed by atoms with Crippen molar-refractivity contribution in [1.29, 1.82) is 0 Å². The Hall–Kier alpha value is -2.66. The smallest absolute Gasteiger partial charge is 0.257 e. The fourth-order valence-corrected chi connectivity index (χ4v) is 4.88. The van der Waals surface area contributed by atoms with Crippen molar-refractivity contribution in [1.82, 2.24) is 0 Å². The molecule has 1 fully saturated rings. The molecule has 4 rings (SSSR count). The van der Waals surface area contributed by atoms with Crippen molar-refractivity contribution >= 4 is 27.3 Å². The zero-order valence-corrected chi connectivity index (χ0v) is 18.4. The SMILES string of the molecule is NS(=O)(=O)c1cccc(NC(=O)c2cc3c(cc2N2CCCC(F)(F)CC2)CC(F)(F)C3)c1. The number of amides is 1. The molecule has 11 heteroatoms. The largest absolute Gasteiger partial charge is 0.371 e. The van der Waals surface area contributed by atoms with E-state index in [1.807, 2.05) is 0 Å². The number of carbonyl (C=O) groups is 1. The molecule has 0 saturated carbocycles. The molecule has 1 aliphatic carbocycles. The predicted octanol–water partition coefficient (Wildman–Crippen LogP) is 3.95. The molecule has 0 aromatic heterocycles. The Labute approximate surface area is 188 Å². The molecule has 2 aliphatic rings. The highest BCUT2D eigenvalue weighted by atomic mass is 32.2. The van der Waals surface area contributed by atoms with Crippen LogP contribution in [0.5, 0.6) is 0 Å². The highest BCUT2D eigenvalue weighted by Crippen LogP contribution is 2.39. The molecule has 2 aromatic rings. The Balaban J connectivity index is 1.70. The fraction of sp³-hybridized carbons (Fsp3) is 0.409. The lowest BCUT2D eigenvalue weighted by atomic mass is 10.0. The van der Waals surface area contributed by atoms with Crippen LogP contribution in [0.3, 0.4) is 0 Å². The summed E-state index contributed by atoms with van der Waals surface area (Å²) in [7, 11) is -4.00. The summed E-state index contributed by atoms with van der Waals surface area (Å²) in [5.74, 6) is -6.43. The molecule has 6 nitrogen and oxygen atoms in total. The lowest BCUT2D eigenvalue weighted by Gasteiger charge is -2.26. The van der Waals surface area contributed by atoms with Gasteiger partial charge in [0.25, 0.3) is 11.8 Å². The molecule has 1 amide bonds. The van der Waals surface area contributed by atoms with Crippen molar-refractivity contribution in [3.8, 4) is 0 Å². The third-order valence-electron chi connectivity index (χ3n) is 5.94. The summed E-state index contributed by atoms with van der Waals surface area (Å²) in [6, 6.07) is 8.19. The van der Waals surface area contributed by atoms with E-state index in [0.717, 1.165) is 0 Å². The van der Waals surface area contributed by atoms with Crippen molar-refractivity contribution in [3.63, 3.8) is 0 Å². The number of halogens is 4. The van der Waals surface area contributed by atoms with Crippen LogP contribution in [0.4, 0.5) is 28.9 Å². The first-order valence-electron chi connectivity index (χ1n) is 10.4. The van der Waals surface area contributed by atoms with Gasteiger partial charge in [0, 0.05) is 50.1 Å². The van der Waals surface area contributed by atoms with Gasteiger partial charge in [-0.1, -0.05) is 6.07 Å². The van der Waals surface area contributed by atoms with E-state index in [4.69, 9.17) is 5.14 Å². The first kappa shape index (κ1) is 23.5. The van der Waals surface area contributed by atoms with Gasteiger partial charge in [0.15, 0.2) is 0 Å². The first-order chi connectivity index (χ1) is 15.3. The average Bonchev–Trinajstić information content (AvgIpc) is 2.89. The van der Waals surface area contributed by atoms with Gasteiger partial charge in [0.1, 0.15) is 0 Å². The maximum absolute atomic E-state index is 14.0. The zero-order valence-electron chi connectivity index (χ0n) is 17.6. The van der Waals surface area contributed by atoms with Crippen molar-refractivity contribution in [2.75, 3.05) is 23.3 Å². The monoisotopic (exact) mass is 485 g/mol. The molecule has 2 aromatic carbocycles. The summed E-state index contributed by atoms with van der Waals surface area (Å²) in [5, 5.41) is 7.71. The average molecular weight is 486 g/mol. The Kier molecular flexibility index (Phi) is 5.90. The number of nitrogens with one attached hydrogen (secondary N) is 1. The van der Waals surface area contributed by atoms with Crippen LogP contribution < -0.4 is 15.4 Å². The number of hydrogen-bond acceptors (Lipinski definition) is 4. The third kappa shape index (κ3) is 5.30. The minimum Gasteiger partial charge on any atom is -0.371 e. The molecule has 178 valence electrons. The van der Waals surface area contributed by atoms with E-state index >= 15 is 0 Å². The van der Waals surface area contributed by atoms with Gasteiger partial charge >= 0.3 is 0 Å². The van der Waals surface area contributed by atoms with E-state index in [-0.39, 0.29) is 42.1 Å². The van der Waals surface area contributed by atoms with Gasteiger partial charge in [-0.2, -0.15) is 0 Å². The van der Waals surface area contributed by atoms with Crippen LogP contribution in [-0.4, -0.2) is 39.3 Å². The van der Waals surface area contributed by atoms with E-state index in [9.17, 15) is 30.8 Å². The number of alkyl halides is 4. The van der Waals surface area contributed by atoms with Crippen LogP contribution in [0, 0.1) is 0 Å². The van der Waals surface area contributed by atoms with Crippen LogP contribution in [0.15, 0.2) is 41.3 Å². The molecule has 3 N–H and O–H groups in total. The number of anilines is 2. The maximum Gasteiger partial charge on any atom is 0.257 e. The van der Waals surface area contributed by atoms with Crippen molar-refractivity contribution < 1.29 is 30.8 Å². The van der Waals surface area contributed by atoms with Gasteiger partial charge in [0.05, 0.1) is 10.5 Å². The third-order valence-corrected chi connectivity index (χ3v) is 6.85. The van der Waals surface area contributed by atoms with Crippen LogP contribution in [0.25, 0.3) is 0 Å². The number of nitrogens with zero attached hydrogens (tertiary/aromatic N) is 1. The number of nitrogens with two attached hydrogens (primary N) is 1. The standard InChI is InChI=1S/C22H23F4N3O3S/c23-21(24)5-2-7-29(8-6-21)19-10-15-13-22(25,26)12-14(15)9-18(19)20(30)28-16-3-1-4-17(11-16)33(27,31)32/h1,3-4,9-11H,2,5-8,12-13H2,(H,28,30)(H2,27,31,32). The van der Waals surface area contributed by atoms with E-state index in [1.165, 1.54) is 36.4 Å². The first-order valence-corrected chi connectivity index (χ1v) is 12.0. The number of sulfonamides is 1. The van der Waals surface area contributed by atoms with Crippen molar-refractivity contribution in [2.45, 2.75) is 48.8 Å². The molecule has 0 radical (unpaired) electrons. The Morgan fingerprint density at radius 3 is 2.36 bits per heavy atom. The second kappa shape index (κ2) is 8.28. The highest BCUT2D eigenvalue weighted by molar-refractivity contribution is 7.89. The van der Waals surface area contributed by atoms with Crippen LogP contribution in [-0.2, 0) is 22.9 Å². The number of primary sulfonamides is 1. The molecule has 33 heavy (non-hydrogen) atoms. The summed E-state index contributed by atoms with van der Waals surface area (Å²) in [6.45, 7) is 0.231. The topological polar surface area (TPSA) is 92.5 Å². The molecule has 0 unspecified atom stereocenters. The van der Waals surface area contributed by atoms with Crippen LogP contribution in [0.1, 0.15) is 40.7 Å². The normalized spacial score (nSPS) is 19.6. The van der Waals surface area contributed by atoms with Crippen LogP contribution >= 0.6 is 0 Å². The van der Waals surface area contributed by atoms with Crippen molar-refractivity contribution in [2.24, 2.45) is 5.14 Å². The van der Waals surface area contributed by atoms with E-state index in [1.54, 1.807) is 4.90 Å². The lowest BCUT2D eigenvalue weighted by molar-refractivity contribution is -0.0102. The van der Waals surface area contributed by atoms with E-state index in [2.05, 4.69) is 5.32 Å². The zero-order chi connectivity index (χ0) is 24.0. The highest BCUT2D eigenvalue weighted by Gasteiger charge is 2.39. The summed E-state index contributed by atoms with van der Waals surface area (Å²) in [4.78, 5) is 14.6. The molecule has 1 aliphatic heterocycles. The molecule has 0 bridgehead atoms. The number of fused-ring (bicyclic) bond motifs is 1. The minimum absolute atomic E-state index is 0.0244. The van der Waals surface area contributed by atoms with Gasteiger partial charge in [-0.15, -0.1) is 0 Å². The number of rotatable bonds is 4. The van der Waals surface area contributed by atoms with Gasteiger partial charge in [0.2, 0.25) is 15.9 Å². The number of carbonyl (C=O) groups excluding carboxylic acids is 1. The maximum atomic E-state index is 14.0. The van der Waals surface area contributed by atoms with Crippen molar-refractivity contribution in [3.05, 3.63) is 53.1 Å². The Morgan fingerprint density at radius 2 is 1.67 bits per heavy atom. The summed E-state index contributed by atoms with van der Waals surface area (Å²) in [5.41, 5.74) is 1.23. The summed E-state index contributed by atoms with van der Waals surface area (Å²) < 4.78 is 79.0. The van der Waals surface area contributed by atoms with Gasteiger partial charge < -0.3 is 10.2 Å². The Morgan fingerprint density at radius 1 is 0.970 bits per heavy atom. The van der Waals surface area contributed by atoms with E-state index < -0.39 is 47.0 Å². The second-order valence-corrected chi connectivity index (χ2v) is 10.1. The lowest BCUT2D eigenvalue weighted by Crippen LogP contribution is -2.28. The fourth-order valence-electron chi connectivity index (χ4n) is 4.32. The molecule has 0 spiro atoms. The van der Waals surface area contributed by atoms with Crippen LogP contribution in [0.2, 0.25) is 0 Å². The van der Waals surface area contributed by atoms with Gasteiger partial charge in [-0.05, 0) is 47.9 Å². The quantitative estimate of drug-likeness (QED) is 0.642. The van der Waals surface area contributed by atoms with Gasteiger partial charge in [-0.3, -0.25) is 4.79 Å². The second-order valence-electron chi connectivity index (χ2n) is 8.57. The number of benzene rings is 2. The summed E-state index contributed by atoms with van der Waals surface area (Å²) in [6.07, 6.45) is -1.48. The molecule has 1 heterocycles. The Bertz CT molecular complexity index is 1200. The number of hydrogen-bond donors (Lipinski definition) is 2. The molecule has 1 saturated heterocycles.